The summed E-state index contributed by atoms with van der Waals surface area (Å²) in [4.78, 5) is 0. The molecule has 1 heterocycles. The summed E-state index contributed by atoms with van der Waals surface area (Å²) in [6, 6.07) is 32.7. The molecule has 0 atom stereocenters. The molecule has 26 heavy (non-hydrogen) atoms. The molecule has 0 saturated heterocycles. The van der Waals surface area contributed by atoms with Crippen LogP contribution in [0.2, 0.25) is 0 Å². The van der Waals surface area contributed by atoms with E-state index in [0.29, 0.717) is 0 Å². The van der Waals surface area contributed by atoms with Gasteiger partial charge >= 0.3 is 0 Å². The van der Waals surface area contributed by atoms with E-state index in [9.17, 15) is 0 Å². The predicted octanol–water partition coefficient (Wildman–Crippen LogP) is 7.88. The van der Waals surface area contributed by atoms with E-state index in [1.54, 1.807) is 0 Å². The van der Waals surface area contributed by atoms with Crippen LogP contribution in [0, 0.1) is 13.8 Å². The summed E-state index contributed by atoms with van der Waals surface area (Å²) in [7, 11) is 1.26. The molecule has 0 aliphatic carbocycles. The number of hydrogen-bond acceptors (Lipinski definition) is 0. The van der Waals surface area contributed by atoms with E-state index in [-0.39, 0.29) is 0 Å². The summed E-state index contributed by atoms with van der Waals surface area (Å²) in [5, 5.41) is 2.73. The SMILES string of the molecule is Cc1ccccc1-c1cc(-c2ccccc2)cc(-c2ccccc2C)p1. The second-order valence-corrected chi connectivity index (χ2v) is 7.81. The Labute approximate surface area is 157 Å². The molecule has 4 rings (SSSR count). The van der Waals surface area contributed by atoms with Gasteiger partial charge in [0.05, 0.1) is 0 Å². The molecule has 0 amide bonds. The van der Waals surface area contributed by atoms with Crippen molar-refractivity contribution in [3.63, 3.8) is 0 Å². The van der Waals surface area contributed by atoms with Crippen molar-refractivity contribution in [3.05, 3.63) is 102 Å². The highest BCUT2D eigenvalue weighted by Gasteiger charge is 2.10. The fourth-order valence-corrected chi connectivity index (χ4v) is 4.73. The Hall–Kier alpha value is -2.69. The first kappa shape index (κ1) is 16.8. The smallest absolute Gasteiger partial charge is 0.0105 e. The third-order valence-corrected chi connectivity index (χ3v) is 6.00. The van der Waals surface area contributed by atoms with Crippen LogP contribution in [-0.4, -0.2) is 0 Å². The Kier molecular flexibility index (Phi) is 4.69. The normalized spacial score (nSPS) is 10.7. The first-order chi connectivity index (χ1) is 12.7. The summed E-state index contributed by atoms with van der Waals surface area (Å²) in [5.41, 5.74) is 7.86. The molecule has 0 fully saturated rings. The molecule has 0 aliphatic heterocycles. The minimum atomic E-state index is 1.26. The van der Waals surface area contributed by atoms with Crippen LogP contribution >= 0.6 is 8.19 Å². The Balaban J connectivity index is 1.97. The molecule has 0 bridgehead atoms. The van der Waals surface area contributed by atoms with Gasteiger partial charge in [0.15, 0.2) is 0 Å². The van der Waals surface area contributed by atoms with Gasteiger partial charge in [0.25, 0.3) is 0 Å². The lowest BCUT2D eigenvalue weighted by Crippen LogP contribution is -1.86. The maximum atomic E-state index is 2.35. The zero-order valence-corrected chi connectivity index (χ0v) is 16.0. The van der Waals surface area contributed by atoms with E-state index in [2.05, 4.69) is 105 Å². The van der Waals surface area contributed by atoms with Crippen molar-refractivity contribution in [2.45, 2.75) is 13.8 Å². The second kappa shape index (κ2) is 7.28. The third-order valence-electron chi connectivity index (χ3n) is 4.77. The van der Waals surface area contributed by atoms with Gasteiger partial charge in [-0.05, 0) is 59.4 Å². The standard InChI is InChI=1S/C25H21P/c1-18-10-6-8-14-22(18)24-16-21(20-12-4-3-5-13-20)17-25(26-24)23-15-9-7-11-19(23)2/h3-17H,1-2H3. The van der Waals surface area contributed by atoms with Crippen LogP contribution in [0.25, 0.3) is 32.8 Å². The molecule has 0 unspecified atom stereocenters. The first-order valence-corrected chi connectivity index (χ1v) is 9.81. The number of benzene rings is 3. The fraction of sp³-hybridized carbons (Fsp3) is 0.0800. The van der Waals surface area contributed by atoms with Gasteiger partial charge in [-0.3, -0.25) is 0 Å². The van der Waals surface area contributed by atoms with Crippen molar-refractivity contribution in [1.82, 2.24) is 0 Å². The van der Waals surface area contributed by atoms with Crippen molar-refractivity contribution in [2.75, 3.05) is 0 Å². The quantitative estimate of drug-likeness (QED) is 0.352. The van der Waals surface area contributed by atoms with Crippen LogP contribution in [0.4, 0.5) is 0 Å². The number of hydrogen-bond donors (Lipinski definition) is 0. The Morgan fingerprint density at radius 3 is 1.46 bits per heavy atom. The van der Waals surface area contributed by atoms with Crippen molar-refractivity contribution < 1.29 is 0 Å². The van der Waals surface area contributed by atoms with Crippen molar-refractivity contribution >= 4 is 8.19 Å². The van der Waals surface area contributed by atoms with Crippen LogP contribution in [0.15, 0.2) is 91.0 Å². The molecule has 0 nitrogen and oxygen atoms in total. The monoisotopic (exact) mass is 352 g/mol. The molecule has 0 spiro atoms. The van der Waals surface area contributed by atoms with E-state index >= 15 is 0 Å². The minimum Gasteiger partial charge on any atom is -0.0622 e. The van der Waals surface area contributed by atoms with Crippen LogP contribution in [0.5, 0.6) is 0 Å². The molecule has 1 aromatic heterocycles. The van der Waals surface area contributed by atoms with Crippen molar-refractivity contribution in [2.24, 2.45) is 0 Å². The van der Waals surface area contributed by atoms with E-state index < -0.39 is 0 Å². The zero-order valence-electron chi connectivity index (χ0n) is 15.1. The Bertz CT molecular complexity index is 985. The largest absolute Gasteiger partial charge is 0.0622 e. The lowest BCUT2D eigenvalue weighted by atomic mass is 10.0. The number of aryl methyl sites for hydroxylation is 2. The molecule has 0 aliphatic rings. The Morgan fingerprint density at radius 2 is 0.962 bits per heavy atom. The van der Waals surface area contributed by atoms with Crippen LogP contribution in [0.1, 0.15) is 11.1 Å². The molecule has 4 aromatic rings. The fourth-order valence-electron chi connectivity index (χ4n) is 3.32. The molecule has 1 heteroatoms. The molecule has 0 radical (unpaired) electrons. The average Bonchev–Trinajstić information content (AvgIpc) is 2.69. The van der Waals surface area contributed by atoms with Gasteiger partial charge in [-0.1, -0.05) is 87.1 Å². The van der Waals surface area contributed by atoms with Gasteiger partial charge in [-0.25, -0.2) is 0 Å². The maximum Gasteiger partial charge on any atom is 0.0105 e. The molecule has 3 aromatic carbocycles. The lowest BCUT2D eigenvalue weighted by Gasteiger charge is -2.13. The Morgan fingerprint density at radius 1 is 0.500 bits per heavy atom. The zero-order chi connectivity index (χ0) is 17.9. The highest BCUT2D eigenvalue weighted by atomic mass is 31.0. The van der Waals surface area contributed by atoms with Crippen LogP contribution in [-0.2, 0) is 0 Å². The van der Waals surface area contributed by atoms with Gasteiger partial charge in [-0.15, -0.1) is 0 Å². The maximum absolute atomic E-state index is 2.35. The summed E-state index contributed by atoms with van der Waals surface area (Å²) in [5.74, 6) is 0. The summed E-state index contributed by atoms with van der Waals surface area (Å²) in [6.07, 6.45) is 0. The highest BCUT2D eigenvalue weighted by molar-refractivity contribution is 7.37. The van der Waals surface area contributed by atoms with Gasteiger partial charge < -0.3 is 0 Å². The minimum absolute atomic E-state index is 1.26. The van der Waals surface area contributed by atoms with E-state index in [0.717, 1.165) is 0 Å². The number of rotatable bonds is 3. The first-order valence-electron chi connectivity index (χ1n) is 8.92. The van der Waals surface area contributed by atoms with E-state index in [1.165, 1.54) is 52.2 Å². The molecular formula is C25H21P. The highest BCUT2D eigenvalue weighted by Crippen LogP contribution is 2.42. The summed E-state index contributed by atoms with van der Waals surface area (Å²) >= 11 is 0. The third kappa shape index (κ3) is 3.34. The van der Waals surface area contributed by atoms with Gasteiger partial charge in [0.2, 0.25) is 0 Å². The van der Waals surface area contributed by atoms with E-state index in [4.69, 9.17) is 0 Å². The van der Waals surface area contributed by atoms with Crippen LogP contribution in [0.3, 0.4) is 0 Å². The lowest BCUT2D eigenvalue weighted by molar-refractivity contribution is 1.47. The molecule has 126 valence electrons. The van der Waals surface area contributed by atoms with Crippen molar-refractivity contribution in [1.29, 1.82) is 0 Å². The topological polar surface area (TPSA) is 0 Å². The van der Waals surface area contributed by atoms with E-state index in [1.807, 2.05) is 0 Å². The summed E-state index contributed by atoms with van der Waals surface area (Å²) in [6.45, 7) is 4.39. The molecule has 0 saturated carbocycles. The van der Waals surface area contributed by atoms with Gasteiger partial charge in [0.1, 0.15) is 0 Å². The second-order valence-electron chi connectivity index (χ2n) is 6.62. The van der Waals surface area contributed by atoms with Crippen molar-refractivity contribution in [3.8, 4) is 32.8 Å². The average molecular weight is 352 g/mol. The van der Waals surface area contributed by atoms with Gasteiger partial charge in [0, 0.05) is 10.6 Å². The predicted molar refractivity (Wildman–Crippen MR) is 115 cm³/mol. The summed E-state index contributed by atoms with van der Waals surface area (Å²) < 4.78 is 0. The molecular weight excluding hydrogens is 331 g/mol. The van der Waals surface area contributed by atoms with Gasteiger partial charge in [-0.2, -0.15) is 0 Å². The van der Waals surface area contributed by atoms with Crippen LogP contribution < -0.4 is 0 Å². The molecule has 0 N–H and O–H groups in total.